The molecule has 2 amide bonds. The number of primary amides is 1. The molecule has 0 bridgehead atoms. The molecule has 1 aliphatic heterocycles. The maximum Gasteiger partial charge on any atom is 0.231 e. The molecule has 6 nitrogen and oxygen atoms in total. The van der Waals surface area contributed by atoms with Crippen molar-refractivity contribution in [3.05, 3.63) is 0 Å². The third-order valence-corrected chi connectivity index (χ3v) is 1.92. The molecule has 1 saturated heterocycles. The van der Waals surface area contributed by atoms with E-state index in [9.17, 15) is 9.59 Å². The zero-order valence-electron chi connectivity index (χ0n) is 7.21. The van der Waals surface area contributed by atoms with Crippen molar-refractivity contribution in [2.45, 2.75) is 5.54 Å². The first kappa shape index (κ1) is 9.94. The highest BCUT2D eigenvalue weighted by Crippen LogP contribution is 2.14. The lowest BCUT2D eigenvalue weighted by atomic mass is 9.97. The molecule has 0 aromatic rings. The Bertz CT molecular complexity index is 203. The topological polar surface area (TPSA) is 93.5 Å². The van der Waals surface area contributed by atoms with Crippen LogP contribution in [0.3, 0.4) is 0 Å². The van der Waals surface area contributed by atoms with E-state index in [2.05, 4.69) is 10.6 Å². The van der Waals surface area contributed by atoms with Gasteiger partial charge in [-0.2, -0.15) is 0 Å². The van der Waals surface area contributed by atoms with Crippen LogP contribution in [0.4, 0.5) is 0 Å². The van der Waals surface area contributed by atoms with Gasteiger partial charge in [-0.3, -0.25) is 14.9 Å². The van der Waals surface area contributed by atoms with E-state index in [4.69, 9.17) is 10.5 Å². The second-order valence-corrected chi connectivity index (χ2v) is 3.09. The van der Waals surface area contributed by atoms with Crippen molar-refractivity contribution in [3.8, 4) is 0 Å². The lowest BCUT2D eigenvalue weighted by Crippen LogP contribution is -2.66. The smallest absolute Gasteiger partial charge is 0.231 e. The molecule has 74 valence electrons. The highest BCUT2D eigenvalue weighted by atomic mass is 16.5. The summed E-state index contributed by atoms with van der Waals surface area (Å²) in [5.41, 5.74) is 4.67. The van der Waals surface area contributed by atoms with Gasteiger partial charge in [0.25, 0.3) is 0 Å². The zero-order valence-corrected chi connectivity index (χ0v) is 7.21. The molecule has 1 aliphatic rings. The van der Waals surface area contributed by atoms with Crippen LogP contribution in [0.5, 0.6) is 0 Å². The molecule has 0 aromatic heterocycles. The van der Waals surface area contributed by atoms with Crippen LogP contribution in [0.1, 0.15) is 0 Å². The number of hydrogen-bond acceptors (Lipinski definition) is 4. The summed E-state index contributed by atoms with van der Waals surface area (Å²) in [6.07, 6.45) is 0.617. The fourth-order valence-electron chi connectivity index (χ4n) is 1.13. The van der Waals surface area contributed by atoms with Gasteiger partial charge in [-0.05, 0) is 0 Å². The molecule has 0 aromatic carbocycles. The summed E-state index contributed by atoms with van der Waals surface area (Å²) in [4.78, 5) is 20.5. The number of hydrogen-bond donors (Lipinski definition) is 3. The summed E-state index contributed by atoms with van der Waals surface area (Å²) in [5.74, 6) is -0.419. The maximum absolute atomic E-state index is 10.5. The first-order valence-corrected chi connectivity index (χ1v) is 3.97. The number of ether oxygens (including phenoxy) is 1. The van der Waals surface area contributed by atoms with E-state index in [0.717, 1.165) is 0 Å². The summed E-state index contributed by atoms with van der Waals surface area (Å²) >= 11 is 0. The molecule has 0 aliphatic carbocycles. The van der Waals surface area contributed by atoms with Crippen LogP contribution >= 0.6 is 0 Å². The predicted octanol–water partition coefficient (Wildman–Crippen LogP) is -2.42. The van der Waals surface area contributed by atoms with Crippen molar-refractivity contribution < 1.29 is 14.3 Å². The van der Waals surface area contributed by atoms with Crippen LogP contribution in [-0.4, -0.2) is 44.2 Å². The van der Waals surface area contributed by atoms with Gasteiger partial charge in [0.15, 0.2) is 0 Å². The molecule has 0 unspecified atom stereocenters. The molecule has 0 atom stereocenters. The number of amides is 2. The Kier molecular flexibility index (Phi) is 3.21. The van der Waals surface area contributed by atoms with Gasteiger partial charge in [0.05, 0.1) is 25.3 Å². The number of nitrogens with two attached hydrogens (primary N) is 1. The van der Waals surface area contributed by atoms with Crippen molar-refractivity contribution in [2.75, 3.05) is 26.3 Å². The molecule has 1 heterocycles. The van der Waals surface area contributed by atoms with Crippen LogP contribution in [0.2, 0.25) is 0 Å². The number of carbonyl (C=O) groups is 2. The van der Waals surface area contributed by atoms with Crippen LogP contribution in [0.25, 0.3) is 0 Å². The first-order valence-electron chi connectivity index (χ1n) is 3.97. The van der Waals surface area contributed by atoms with Crippen molar-refractivity contribution in [1.82, 2.24) is 10.6 Å². The predicted molar refractivity (Wildman–Crippen MR) is 44.8 cm³/mol. The second-order valence-electron chi connectivity index (χ2n) is 3.09. The Hall–Kier alpha value is -1.14. The summed E-state index contributed by atoms with van der Waals surface area (Å²) in [6, 6.07) is 0. The molecule has 13 heavy (non-hydrogen) atoms. The number of rotatable bonds is 6. The SMILES string of the molecule is NC(=O)CNC1(CNC=O)COC1. The van der Waals surface area contributed by atoms with Gasteiger partial charge in [0.1, 0.15) is 0 Å². The lowest BCUT2D eigenvalue weighted by molar-refractivity contribution is -0.120. The van der Waals surface area contributed by atoms with Crippen molar-refractivity contribution in [1.29, 1.82) is 0 Å². The highest BCUT2D eigenvalue weighted by molar-refractivity contribution is 5.76. The van der Waals surface area contributed by atoms with Gasteiger partial charge in [-0.15, -0.1) is 0 Å². The molecule has 6 heteroatoms. The van der Waals surface area contributed by atoms with Gasteiger partial charge in [0.2, 0.25) is 12.3 Å². The minimum absolute atomic E-state index is 0.101. The van der Waals surface area contributed by atoms with E-state index in [1.807, 2.05) is 0 Å². The standard InChI is InChI=1S/C7H13N3O3/c8-6(12)1-10-7(2-9-5-11)3-13-4-7/h5,10H,1-4H2,(H2,8,12)(H,9,11). The van der Waals surface area contributed by atoms with E-state index >= 15 is 0 Å². The fraction of sp³-hybridized carbons (Fsp3) is 0.714. The van der Waals surface area contributed by atoms with Crippen molar-refractivity contribution >= 4 is 12.3 Å². The van der Waals surface area contributed by atoms with Crippen LogP contribution in [-0.2, 0) is 14.3 Å². The summed E-state index contributed by atoms with van der Waals surface area (Å²) in [6.45, 7) is 1.52. The van der Waals surface area contributed by atoms with E-state index in [-0.39, 0.29) is 12.1 Å². The molecule has 4 N–H and O–H groups in total. The number of carbonyl (C=O) groups excluding carboxylic acids is 2. The van der Waals surface area contributed by atoms with E-state index in [0.29, 0.717) is 26.2 Å². The van der Waals surface area contributed by atoms with E-state index in [1.54, 1.807) is 0 Å². The van der Waals surface area contributed by atoms with Crippen LogP contribution < -0.4 is 16.4 Å². The van der Waals surface area contributed by atoms with Crippen LogP contribution in [0, 0.1) is 0 Å². The van der Waals surface area contributed by atoms with E-state index in [1.165, 1.54) is 0 Å². The maximum atomic E-state index is 10.5. The van der Waals surface area contributed by atoms with Gasteiger partial charge < -0.3 is 15.8 Å². The lowest BCUT2D eigenvalue weighted by Gasteiger charge is -2.41. The minimum Gasteiger partial charge on any atom is -0.377 e. The Morgan fingerprint density at radius 3 is 2.69 bits per heavy atom. The quantitative estimate of drug-likeness (QED) is 0.403. The fourth-order valence-corrected chi connectivity index (χ4v) is 1.13. The van der Waals surface area contributed by atoms with Gasteiger partial charge in [-0.1, -0.05) is 0 Å². The Morgan fingerprint density at radius 2 is 2.31 bits per heavy atom. The number of nitrogens with one attached hydrogen (secondary N) is 2. The molecular formula is C7H13N3O3. The summed E-state index contributed by atoms with van der Waals surface area (Å²) in [5, 5.41) is 5.49. The summed E-state index contributed by atoms with van der Waals surface area (Å²) in [7, 11) is 0. The minimum atomic E-state index is -0.419. The first-order chi connectivity index (χ1) is 6.18. The average Bonchev–Trinajstić information content (AvgIpc) is 2.02. The molecule has 1 rings (SSSR count). The van der Waals surface area contributed by atoms with Gasteiger partial charge >= 0.3 is 0 Å². The largest absolute Gasteiger partial charge is 0.377 e. The Balaban J connectivity index is 2.31. The van der Waals surface area contributed by atoms with E-state index < -0.39 is 5.91 Å². The third-order valence-electron chi connectivity index (χ3n) is 1.92. The molecule has 0 radical (unpaired) electrons. The summed E-state index contributed by atoms with van der Waals surface area (Å²) < 4.78 is 5.00. The van der Waals surface area contributed by atoms with Crippen molar-refractivity contribution in [3.63, 3.8) is 0 Å². The molecule has 0 saturated carbocycles. The zero-order chi connectivity index (χ0) is 9.73. The van der Waals surface area contributed by atoms with Crippen molar-refractivity contribution in [2.24, 2.45) is 5.73 Å². The molecular weight excluding hydrogens is 174 g/mol. The molecule has 0 spiro atoms. The van der Waals surface area contributed by atoms with Crippen LogP contribution in [0.15, 0.2) is 0 Å². The normalized spacial score (nSPS) is 18.8. The second kappa shape index (κ2) is 4.20. The van der Waals surface area contributed by atoms with Gasteiger partial charge in [0, 0.05) is 6.54 Å². The average molecular weight is 187 g/mol. The highest BCUT2D eigenvalue weighted by Gasteiger charge is 2.38. The van der Waals surface area contributed by atoms with Gasteiger partial charge in [-0.25, -0.2) is 0 Å². The monoisotopic (exact) mass is 187 g/mol. The Morgan fingerprint density at radius 1 is 1.62 bits per heavy atom. The third kappa shape index (κ3) is 2.67. The Labute approximate surface area is 75.8 Å². The molecule has 1 fully saturated rings.